The van der Waals surface area contributed by atoms with Crippen molar-refractivity contribution in [3.8, 4) is 0 Å². The van der Waals surface area contributed by atoms with Crippen LogP contribution in [-0.4, -0.2) is 22.3 Å². The molecular weight excluding hydrogens is 228 g/mol. The molecule has 0 amide bonds. The van der Waals surface area contributed by atoms with Crippen molar-refractivity contribution in [2.75, 3.05) is 0 Å². The highest BCUT2D eigenvalue weighted by Gasteiger charge is 2.07. The van der Waals surface area contributed by atoms with Gasteiger partial charge in [-0.2, -0.15) is 0 Å². The molecular formula is C15H28O3. The maximum absolute atomic E-state index is 9.81. The summed E-state index contributed by atoms with van der Waals surface area (Å²) in [7, 11) is 0. The predicted molar refractivity (Wildman–Crippen MR) is 76.5 cm³/mol. The van der Waals surface area contributed by atoms with Gasteiger partial charge in [0.05, 0.1) is 6.10 Å². The number of carboxylic acid groups (broad SMARTS) is 1. The maximum atomic E-state index is 9.81. The summed E-state index contributed by atoms with van der Waals surface area (Å²) in [5.41, 5.74) is 1.30. The lowest BCUT2D eigenvalue weighted by molar-refractivity contribution is -0.137. The average molecular weight is 256 g/mol. The van der Waals surface area contributed by atoms with Crippen molar-refractivity contribution in [1.29, 1.82) is 0 Å². The van der Waals surface area contributed by atoms with E-state index in [1.165, 1.54) is 5.57 Å². The molecule has 0 aliphatic heterocycles. The smallest absolute Gasteiger partial charge is 0.303 e. The Hall–Kier alpha value is -1.09. The van der Waals surface area contributed by atoms with E-state index in [0.717, 1.165) is 6.42 Å². The number of rotatable bonds is 6. The SMILES string of the molecule is C=CC(O)C(C)CC=C(C)C.CC(C)CC(=O)O. The molecule has 18 heavy (non-hydrogen) atoms. The molecule has 0 heterocycles. The van der Waals surface area contributed by atoms with Crippen LogP contribution in [0.15, 0.2) is 24.3 Å². The Morgan fingerprint density at radius 2 is 1.78 bits per heavy atom. The highest BCUT2D eigenvalue weighted by molar-refractivity contribution is 5.66. The Kier molecular flexibility index (Phi) is 11.8. The summed E-state index contributed by atoms with van der Waals surface area (Å²) >= 11 is 0. The fraction of sp³-hybridized carbons (Fsp3) is 0.667. The first kappa shape index (κ1) is 19.3. The quantitative estimate of drug-likeness (QED) is 0.713. The number of hydrogen-bond acceptors (Lipinski definition) is 2. The second kappa shape index (κ2) is 11.0. The molecule has 2 N–H and O–H groups in total. The molecule has 3 nitrogen and oxygen atoms in total. The van der Waals surface area contributed by atoms with E-state index < -0.39 is 5.97 Å². The minimum atomic E-state index is -0.713. The lowest BCUT2D eigenvalue weighted by atomic mass is 10.00. The summed E-state index contributed by atoms with van der Waals surface area (Å²) in [5, 5.41) is 17.4. The van der Waals surface area contributed by atoms with E-state index in [2.05, 4.69) is 26.5 Å². The van der Waals surface area contributed by atoms with E-state index in [0.29, 0.717) is 0 Å². The van der Waals surface area contributed by atoms with Crippen LogP contribution in [0.3, 0.4) is 0 Å². The third-order valence-electron chi connectivity index (χ3n) is 2.31. The van der Waals surface area contributed by atoms with Gasteiger partial charge in [0.2, 0.25) is 0 Å². The van der Waals surface area contributed by atoms with E-state index in [4.69, 9.17) is 5.11 Å². The molecule has 0 aromatic carbocycles. The molecule has 0 saturated heterocycles. The van der Waals surface area contributed by atoms with Crippen LogP contribution >= 0.6 is 0 Å². The molecule has 0 spiro atoms. The van der Waals surface area contributed by atoms with Gasteiger partial charge in [0.25, 0.3) is 0 Å². The third kappa shape index (κ3) is 14.9. The van der Waals surface area contributed by atoms with Crippen LogP contribution in [0, 0.1) is 11.8 Å². The fourth-order valence-electron chi connectivity index (χ4n) is 1.14. The molecule has 3 heteroatoms. The van der Waals surface area contributed by atoms with E-state index in [1.807, 2.05) is 20.8 Å². The normalized spacial score (nSPS) is 13.1. The van der Waals surface area contributed by atoms with E-state index in [1.54, 1.807) is 6.08 Å². The zero-order chi connectivity index (χ0) is 14.7. The van der Waals surface area contributed by atoms with Crippen molar-refractivity contribution >= 4 is 5.97 Å². The molecule has 0 saturated carbocycles. The largest absolute Gasteiger partial charge is 0.481 e. The Morgan fingerprint density at radius 1 is 1.28 bits per heavy atom. The van der Waals surface area contributed by atoms with Crippen molar-refractivity contribution in [3.63, 3.8) is 0 Å². The van der Waals surface area contributed by atoms with E-state index in [-0.39, 0.29) is 24.4 Å². The predicted octanol–water partition coefficient (Wildman–Crippen LogP) is 3.64. The molecule has 2 atom stereocenters. The molecule has 2 unspecified atom stereocenters. The lowest BCUT2D eigenvalue weighted by Crippen LogP contribution is -2.13. The molecule has 0 aromatic heterocycles. The Bertz CT molecular complexity index is 263. The van der Waals surface area contributed by atoms with Crippen molar-refractivity contribution in [3.05, 3.63) is 24.3 Å². The van der Waals surface area contributed by atoms with Gasteiger partial charge in [-0.05, 0) is 32.1 Å². The first-order valence-electron chi connectivity index (χ1n) is 6.36. The van der Waals surface area contributed by atoms with Crippen molar-refractivity contribution in [1.82, 2.24) is 0 Å². The van der Waals surface area contributed by atoms with Gasteiger partial charge < -0.3 is 10.2 Å². The van der Waals surface area contributed by atoms with Gasteiger partial charge in [0.15, 0.2) is 0 Å². The van der Waals surface area contributed by atoms with Crippen LogP contribution in [0.4, 0.5) is 0 Å². The van der Waals surface area contributed by atoms with Crippen LogP contribution in [-0.2, 0) is 4.79 Å². The van der Waals surface area contributed by atoms with Crippen molar-refractivity contribution in [2.45, 2.75) is 53.6 Å². The minimum absolute atomic E-state index is 0.275. The number of aliphatic hydroxyl groups is 1. The van der Waals surface area contributed by atoms with Gasteiger partial charge in [0, 0.05) is 6.42 Å². The van der Waals surface area contributed by atoms with Crippen LogP contribution in [0.25, 0.3) is 0 Å². The van der Waals surface area contributed by atoms with Crippen molar-refractivity contribution in [2.24, 2.45) is 11.8 Å². The minimum Gasteiger partial charge on any atom is -0.481 e. The van der Waals surface area contributed by atoms with Gasteiger partial charge in [-0.3, -0.25) is 4.79 Å². The average Bonchev–Trinajstić information content (AvgIpc) is 2.23. The van der Waals surface area contributed by atoms with Crippen LogP contribution in [0.1, 0.15) is 47.5 Å². The Balaban J connectivity index is 0. The molecule has 0 bridgehead atoms. The van der Waals surface area contributed by atoms with Crippen LogP contribution < -0.4 is 0 Å². The molecule has 0 aromatic rings. The van der Waals surface area contributed by atoms with Crippen LogP contribution in [0.2, 0.25) is 0 Å². The summed E-state index contributed by atoms with van der Waals surface area (Å²) in [6, 6.07) is 0. The third-order valence-corrected chi connectivity index (χ3v) is 2.31. The van der Waals surface area contributed by atoms with Gasteiger partial charge >= 0.3 is 5.97 Å². The van der Waals surface area contributed by atoms with Crippen molar-refractivity contribution < 1.29 is 15.0 Å². The highest BCUT2D eigenvalue weighted by Crippen LogP contribution is 2.10. The Labute approximate surface area is 111 Å². The number of aliphatic hydroxyl groups excluding tert-OH is 1. The zero-order valence-electron chi connectivity index (χ0n) is 12.3. The standard InChI is InChI=1S/C10H18O.C5H10O2/c1-5-10(11)9(4)7-6-8(2)3;1-4(2)3-5(6)7/h5-6,9-11H,1,7H2,2-4H3;4H,3H2,1-2H3,(H,6,7). The number of carboxylic acids is 1. The topological polar surface area (TPSA) is 57.5 Å². The van der Waals surface area contributed by atoms with E-state index >= 15 is 0 Å². The number of hydrogen-bond donors (Lipinski definition) is 2. The highest BCUT2D eigenvalue weighted by atomic mass is 16.4. The summed E-state index contributed by atoms with van der Waals surface area (Å²) in [5.74, 6) is -0.158. The van der Waals surface area contributed by atoms with Gasteiger partial charge in [0.1, 0.15) is 0 Å². The first-order chi connectivity index (χ1) is 8.20. The molecule has 0 rings (SSSR count). The van der Waals surface area contributed by atoms with Gasteiger partial charge in [-0.1, -0.05) is 38.5 Å². The summed E-state index contributed by atoms with van der Waals surface area (Å²) in [4.78, 5) is 9.81. The molecule has 0 fully saturated rings. The second-order valence-electron chi connectivity index (χ2n) is 5.21. The van der Waals surface area contributed by atoms with E-state index in [9.17, 15) is 9.90 Å². The zero-order valence-corrected chi connectivity index (χ0v) is 12.3. The summed E-state index contributed by atoms with van der Waals surface area (Å²) in [6.45, 7) is 13.4. The monoisotopic (exact) mass is 256 g/mol. The number of carbonyl (C=O) groups is 1. The number of aliphatic carboxylic acids is 1. The summed E-state index contributed by atoms with van der Waals surface area (Å²) in [6.07, 6.45) is 4.56. The maximum Gasteiger partial charge on any atom is 0.303 e. The second-order valence-corrected chi connectivity index (χ2v) is 5.21. The molecule has 0 aliphatic rings. The molecule has 0 radical (unpaired) electrons. The van der Waals surface area contributed by atoms with Gasteiger partial charge in [-0.15, -0.1) is 6.58 Å². The Morgan fingerprint density at radius 3 is 2.00 bits per heavy atom. The first-order valence-corrected chi connectivity index (χ1v) is 6.36. The molecule has 106 valence electrons. The van der Waals surface area contributed by atoms with Crippen LogP contribution in [0.5, 0.6) is 0 Å². The molecule has 0 aliphatic carbocycles. The van der Waals surface area contributed by atoms with Gasteiger partial charge in [-0.25, -0.2) is 0 Å². The summed E-state index contributed by atoms with van der Waals surface area (Å²) < 4.78 is 0. The lowest BCUT2D eigenvalue weighted by Gasteiger charge is -2.12. The number of allylic oxidation sites excluding steroid dienone is 2. The fourth-order valence-corrected chi connectivity index (χ4v) is 1.14.